The first kappa shape index (κ1) is 20.8. The second-order valence-electron chi connectivity index (χ2n) is 7.35. The largest absolute Gasteiger partial charge is 0.405 e. The average molecular weight is 456 g/mol. The van der Waals surface area contributed by atoms with Gasteiger partial charge in [-0.05, 0) is 42.0 Å². The van der Waals surface area contributed by atoms with Gasteiger partial charge in [-0.1, -0.05) is 0 Å². The van der Waals surface area contributed by atoms with E-state index in [1.807, 2.05) is 0 Å². The van der Waals surface area contributed by atoms with E-state index in [1.54, 1.807) is 33.8 Å². The number of hydrogen-bond donors (Lipinski definition) is 1. The molecule has 0 saturated carbocycles. The van der Waals surface area contributed by atoms with Crippen molar-refractivity contribution in [1.82, 2.24) is 29.6 Å². The highest BCUT2D eigenvalue weighted by atomic mass is 19.4. The molecule has 33 heavy (non-hydrogen) atoms. The molecule has 12 heteroatoms. The molecule has 168 valence electrons. The zero-order valence-electron chi connectivity index (χ0n) is 17.0. The Morgan fingerprint density at radius 1 is 1.03 bits per heavy atom. The SMILES string of the molecule is Fc1ccc(-c2nn(C3=Nn4cnnc4CC3)cc2-c2ccnc(NCC(F)(F)F)c2)cc1. The number of anilines is 1. The van der Waals surface area contributed by atoms with E-state index in [2.05, 4.69) is 30.7 Å². The van der Waals surface area contributed by atoms with Crippen molar-refractivity contribution in [3.63, 3.8) is 0 Å². The summed E-state index contributed by atoms with van der Waals surface area (Å²) in [5.74, 6) is 1.06. The molecule has 1 N–H and O–H groups in total. The van der Waals surface area contributed by atoms with Crippen LogP contribution in [0.25, 0.3) is 22.4 Å². The minimum absolute atomic E-state index is 0.0757. The van der Waals surface area contributed by atoms with Gasteiger partial charge < -0.3 is 5.32 Å². The van der Waals surface area contributed by atoms with Gasteiger partial charge in [-0.3, -0.25) is 0 Å². The van der Waals surface area contributed by atoms with Gasteiger partial charge in [-0.25, -0.2) is 18.7 Å². The fourth-order valence-corrected chi connectivity index (χ4v) is 3.48. The van der Waals surface area contributed by atoms with E-state index < -0.39 is 12.7 Å². The summed E-state index contributed by atoms with van der Waals surface area (Å²) < 4.78 is 54.5. The van der Waals surface area contributed by atoms with E-state index in [0.717, 1.165) is 5.82 Å². The maximum absolute atomic E-state index is 13.5. The van der Waals surface area contributed by atoms with E-state index in [9.17, 15) is 17.6 Å². The fourth-order valence-electron chi connectivity index (χ4n) is 3.48. The molecule has 0 spiro atoms. The molecule has 5 rings (SSSR count). The minimum atomic E-state index is -4.37. The molecule has 0 atom stereocenters. The molecular formula is C21H16F4N8. The molecule has 0 saturated heterocycles. The van der Waals surface area contributed by atoms with E-state index in [0.29, 0.717) is 41.1 Å². The fraction of sp³-hybridized carbons (Fsp3) is 0.190. The molecule has 1 aromatic carbocycles. The van der Waals surface area contributed by atoms with Crippen LogP contribution in [0.3, 0.4) is 0 Å². The lowest BCUT2D eigenvalue weighted by molar-refractivity contribution is -0.115. The van der Waals surface area contributed by atoms with Gasteiger partial charge in [0.05, 0.1) is 0 Å². The summed E-state index contributed by atoms with van der Waals surface area (Å²) in [6.45, 7) is -1.20. The summed E-state index contributed by atoms with van der Waals surface area (Å²) in [6.07, 6.45) is 1.48. The number of pyridine rings is 1. The van der Waals surface area contributed by atoms with Crippen molar-refractivity contribution >= 4 is 11.7 Å². The van der Waals surface area contributed by atoms with Gasteiger partial charge in [0, 0.05) is 36.4 Å². The van der Waals surface area contributed by atoms with Gasteiger partial charge in [-0.15, -0.1) is 10.2 Å². The topological polar surface area (TPSA) is 85.8 Å². The number of aryl methyl sites for hydroxylation is 1. The van der Waals surface area contributed by atoms with Crippen LogP contribution in [0.4, 0.5) is 23.4 Å². The van der Waals surface area contributed by atoms with Crippen LogP contribution < -0.4 is 5.32 Å². The highest BCUT2D eigenvalue weighted by Crippen LogP contribution is 2.32. The third kappa shape index (κ3) is 4.45. The van der Waals surface area contributed by atoms with Crippen LogP contribution in [0, 0.1) is 5.82 Å². The van der Waals surface area contributed by atoms with Crippen LogP contribution in [0.2, 0.25) is 0 Å². The summed E-state index contributed by atoms with van der Waals surface area (Å²) >= 11 is 0. The molecule has 0 radical (unpaired) electrons. The Kier molecular flexibility index (Phi) is 5.11. The zero-order valence-corrected chi connectivity index (χ0v) is 17.0. The van der Waals surface area contributed by atoms with Crippen LogP contribution in [-0.4, -0.2) is 48.2 Å². The number of benzene rings is 1. The lowest BCUT2D eigenvalue weighted by Crippen LogP contribution is -2.21. The Morgan fingerprint density at radius 2 is 1.85 bits per heavy atom. The average Bonchev–Trinajstić information content (AvgIpc) is 3.45. The molecule has 0 aliphatic carbocycles. The number of rotatable bonds is 4. The third-order valence-electron chi connectivity index (χ3n) is 5.03. The Morgan fingerprint density at radius 3 is 2.64 bits per heavy atom. The molecule has 3 aromatic heterocycles. The standard InChI is InChI=1S/C21H16F4N8/c22-15-3-1-13(2-4-15)20-16(14-7-8-26-17(9-14)27-11-21(23,24)25)10-32(31-20)19-6-5-18-29-28-12-33(18)30-19/h1-4,7-10,12H,5-6,11H2,(H,26,27). The van der Waals surface area contributed by atoms with Crippen LogP contribution in [0.5, 0.6) is 0 Å². The van der Waals surface area contributed by atoms with E-state index in [4.69, 9.17) is 0 Å². The van der Waals surface area contributed by atoms with Crippen molar-refractivity contribution in [3.8, 4) is 22.4 Å². The molecule has 0 unspecified atom stereocenters. The first-order valence-corrected chi connectivity index (χ1v) is 9.95. The second kappa shape index (κ2) is 8.11. The van der Waals surface area contributed by atoms with Crippen molar-refractivity contribution in [2.24, 2.45) is 5.10 Å². The predicted molar refractivity (Wildman–Crippen MR) is 112 cm³/mol. The van der Waals surface area contributed by atoms with E-state index in [-0.39, 0.29) is 11.6 Å². The van der Waals surface area contributed by atoms with Crippen LogP contribution >= 0.6 is 0 Å². The molecule has 1 aliphatic heterocycles. The summed E-state index contributed by atoms with van der Waals surface area (Å²) in [5, 5.41) is 19.3. The maximum Gasteiger partial charge on any atom is 0.405 e. The first-order valence-electron chi connectivity index (χ1n) is 9.95. The number of fused-ring (bicyclic) bond motifs is 1. The van der Waals surface area contributed by atoms with Crippen molar-refractivity contribution in [3.05, 3.63) is 66.8 Å². The van der Waals surface area contributed by atoms with E-state index >= 15 is 0 Å². The second-order valence-corrected chi connectivity index (χ2v) is 7.35. The molecule has 1 aliphatic rings. The van der Waals surface area contributed by atoms with Crippen molar-refractivity contribution < 1.29 is 17.6 Å². The quantitative estimate of drug-likeness (QED) is 0.470. The van der Waals surface area contributed by atoms with Gasteiger partial charge in [-0.2, -0.15) is 23.4 Å². The number of nitrogens with one attached hydrogen (secondary N) is 1. The van der Waals surface area contributed by atoms with Gasteiger partial charge in [0.1, 0.15) is 30.2 Å². The van der Waals surface area contributed by atoms with E-state index in [1.165, 1.54) is 30.7 Å². The van der Waals surface area contributed by atoms with Gasteiger partial charge in [0.25, 0.3) is 0 Å². The minimum Gasteiger partial charge on any atom is -0.361 e. The molecule has 8 nitrogen and oxygen atoms in total. The Bertz CT molecular complexity index is 1320. The number of halogens is 4. The molecule has 4 heterocycles. The predicted octanol–water partition coefficient (Wildman–Crippen LogP) is 3.97. The number of aromatic nitrogens is 6. The van der Waals surface area contributed by atoms with Crippen molar-refractivity contribution in [2.45, 2.75) is 19.0 Å². The van der Waals surface area contributed by atoms with Crippen LogP contribution in [0.1, 0.15) is 12.2 Å². The summed E-state index contributed by atoms with van der Waals surface area (Å²) in [6, 6.07) is 9.02. The summed E-state index contributed by atoms with van der Waals surface area (Å²) in [5.41, 5.74) is 2.41. The maximum atomic E-state index is 13.5. The normalized spacial score (nSPS) is 13.5. The Hall–Kier alpha value is -4.09. The van der Waals surface area contributed by atoms with Gasteiger partial charge in [0.2, 0.25) is 0 Å². The third-order valence-corrected chi connectivity index (χ3v) is 5.03. The van der Waals surface area contributed by atoms with Crippen molar-refractivity contribution in [1.29, 1.82) is 0 Å². The summed E-state index contributed by atoms with van der Waals surface area (Å²) in [4.78, 5) is 3.97. The van der Waals surface area contributed by atoms with Crippen LogP contribution in [0.15, 0.2) is 60.2 Å². The highest BCUT2D eigenvalue weighted by molar-refractivity contribution is 5.89. The highest BCUT2D eigenvalue weighted by Gasteiger charge is 2.27. The lowest BCUT2D eigenvalue weighted by Gasteiger charge is -2.12. The molecule has 0 fully saturated rings. The summed E-state index contributed by atoms with van der Waals surface area (Å²) in [7, 11) is 0. The number of hydrogen-bond acceptors (Lipinski definition) is 6. The van der Waals surface area contributed by atoms with Gasteiger partial charge in [0.15, 0.2) is 11.7 Å². The van der Waals surface area contributed by atoms with Crippen LogP contribution in [-0.2, 0) is 6.42 Å². The Balaban J connectivity index is 1.57. The molecular weight excluding hydrogens is 440 g/mol. The smallest absolute Gasteiger partial charge is 0.361 e. The Labute approximate surface area is 184 Å². The molecule has 0 amide bonds. The zero-order chi connectivity index (χ0) is 23.0. The van der Waals surface area contributed by atoms with Gasteiger partial charge >= 0.3 is 6.18 Å². The number of nitrogens with zero attached hydrogens (tertiary/aromatic N) is 7. The molecule has 0 bridgehead atoms. The number of alkyl halides is 3. The lowest BCUT2D eigenvalue weighted by atomic mass is 10.0. The first-order chi connectivity index (χ1) is 15.9. The monoisotopic (exact) mass is 456 g/mol. The molecule has 4 aromatic rings. The van der Waals surface area contributed by atoms with Crippen molar-refractivity contribution in [2.75, 3.05) is 11.9 Å².